The highest BCUT2D eigenvalue weighted by Crippen LogP contribution is 2.27. The molecule has 0 aliphatic carbocycles. The predicted octanol–water partition coefficient (Wildman–Crippen LogP) is 4.32. The SMILES string of the molecule is O=c1cc(CCl)c2ccc(Oc3ccccc3)cc2o1. The second kappa shape index (κ2) is 5.39. The molecule has 0 bridgehead atoms. The third kappa shape index (κ3) is 2.53. The van der Waals surface area contributed by atoms with E-state index in [0.717, 1.165) is 16.7 Å². The number of halogens is 1. The van der Waals surface area contributed by atoms with Crippen LogP contribution >= 0.6 is 11.6 Å². The van der Waals surface area contributed by atoms with Gasteiger partial charge in [0, 0.05) is 23.4 Å². The van der Waals surface area contributed by atoms with Crippen molar-refractivity contribution in [2.75, 3.05) is 0 Å². The van der Waals surface area contributed by atoms with Gasteiger partial charge >= 0.3 is 5.63 Å². The van der Waals surface area contributed by atoms with Gasteiger partial charge in [0.25, 0.3) is 0 Å². The molecular formula is C16H11ClO3. The second-order valence-corrected chi connectivity index (χ2v) is 4.56. The normalized spacial score (nSPS) is 10.7. The van der Waals surface area contributed by atoms with E-state index in [-0.39, 0.29) is 5.88 Å². The van der Waals surface area contributed by atoms with Crippen LogP contribution in [0.5, 0.6) is 11.5 Å². The molecule has 3 nitrogen and oxygen atoms in total. The first-order valence-electron chi connectivity index (χ1n) is 6.12. The summed E-state index contributed by atoms with van der Waals surface area (Å²) in [6.45, 7) is 0. The molecule has 20 heavy (non-hydrogen) atoms. The number of fused-ring (bicyclic) bond motifs is 1. The Labute approximate surface area is 120 Å². The third-order valence-electron chi connectivity index (χ3n) is 2.92. The number of benzene rings is 2. The van der Waals surface area contributed by atoms with Crippen molar-refractivity contribution in [1.29, 1.82) is 0 Å². The molecule has 4 heteroatoms. The average molecular weight is 287 g/mol. The first-order chi connectivity index (χ1) is 9.76. The molecule has 0 fully saturated rings. The van der Waals surface area contributed by atoms with Gasteiger partial charge in [-0.2, -0.15) is 0 Å². The van der Waals surface area contributed by atoms with Crippen LogP contribution in [0, 0.1) is 0 Å². The Morgan fingerprint density at radius 2 is 1.80 bits per heavy atom. The second-order valence-electron chi connectivity index (χ2n) is 4.30. The molecule has 0 spiro atoms. The molecule has 1 heterocycles. The van der Waals surface area contributed by atoms with Crippen LogP contribution in [-0.2, 0) is 5.88 Å². The van der Waals surface area contributed by atoms with Crippen molar-refractivity contribution in [3.05, 3.63) is 70.6 Å². The fraction of sp³-hybridized carbons (Fsp3) is 0.0625. The summed E-state index contributed by atoms with van der Waals surface area (Å²) < 4.78 is 10.9. The molecule has 0 atom stereocenters. The van der Waals surface area contributed by atoms with E-state index in [1.807, 2.05) is 42.5 Å². The molecule has 1 aromatic heterocycles. The molecule has 0 aliphatic rings. The minimum atomic E-state index is -0.412. The van der Waals surface area contributed by atoms with Gasteiger partial charge in [-0.25, -0.2) is 4.79 Å². The molecule has 0 N–H and O–H groups in total. The van der Waals surface area contributed by atoms with Crippen molar-refractivity contribution in [2.45, 2.75) is 5.88 Å². The zero-order chi connectivity index (χ0) is 13.9. The molecule has 0 radical (unpaired) electrons. The fourth-order valence-corrected chi connectivity index (χ4v) is 2.23. The Morgan fingerprint density at radius 1 is 1.00 bits per heavy atom. The summed E-state index contributed by atoms with van der Waals surface area (Å²) in [7, 11) is 0. The minimum absolute atomic E-state index is 0.265. The summed E-state index contributed by atoms with van der Waals surface area (Å²) in [6, 6.07) is 16.2. The predicted molar refractivity (Wildman–Crippen MR) is 78.6 cm³/mol. The first-order valence-corrected chi connectivity index (χ1v) is 6.65. The van der Waals surface area contributed by atoms with Crippen molar-refractivity contribution in [3.8, 4) is 11.5 Å². The summed E-state index contributed by atoms with van der Waals surface area (Å²) in [6.07, 6.45) is 0. The molecule has 3 aromatic rings. The zero-order valence-electron chi connectivity index (χ0n) is 10.5. The van der Waals surface area contributed by atoms with Gasteiger partial charge in [0.2, 0.25) is 0 Å². The number of hydrogen-bond donors (Lipinski definition) is 0. The van der Waals surface area contributed by atoms with Gasteiger partial charge in [-0.1, -0.05) is 18.2 Å². The van der Waals surface area contributed by atoms with Crippen LogP contribution in [0.1, 0.15) is 5.56 Å². The van der Waals surface area contributed by atoms with Crippen LogP contribution in [0.4, 0.5) is 0 Å². The van der Waals surface area contributed by atoms with E-state index in [1.165, 1.54) is 6.07 Å². The number of para-hydroxylation sites is 1. The summed E-state index contributed by atoms with van der Waals surface area (Å²) in [5, 5.41) is 0.819. The van der Waals surface area contributed by atoms with Gasteiger partial charge < -0.3 is 9.15 Å². The lowest BCUT2D eigenvalue weighted by atomic mass is 10.1. The van der Waals surface area contributed by atoms with Gasteiger partial charge in [0.15, 0.2) is 0 Å². The largest absolute Gasteiger partial charge is 0.457 e. The number of ether oxygens (including phenoxy) is 1. The maximum absolute atomic E-state index is 11.5. The van der Waals surface area contributed by atoms with Crippen LogP contribution in [0.25, 0.3) is 11.0 Å². The molecule has 0 aliphatic heterocycles. The monoisotopic (exact) mass is 286 g/mol. The Kier molecular flexibility index (Phi) is 3.44. The first kappa shape index (κ1) is 12.8. The Bertz CT molecular complexity index is 794. The summed E-state index contributed by atoms with van der Waals surface area (Å²) in [5.74, 6) is 1.60. The van der Waals surface area contributed by atoms with Gasteiger partial charge in [-0.15, -0.1) is 11.6 Å². The van der Waals surface area contributed by atoms with Crippen molar-refractivity contribution in [2.24, 2.45) is 0 Å². The van der Waals surface area contributed by atoms with Gasteiger partial charge in [-0.3, -0.25) is 0 Å². The van der Waals surface area contributed by atoms with Crippen molar-refractivity contribution >= 4 is 22.6 Å². The molecule has 0 saturated carbocycles. The highest BCUT2D eigenvalue weighted by Gasteiger charge is 2.06. The van der Waals surface area contributed by atoms with E-state index < -0.39 is 5.63 Å². The Hall–Kier alpha value is -2.26. The molecule has 100 valence electrons. The summed E-state index contributed by atoms with van der Waals surface area (Å²) >= 11 is 5.84. The Balaban J connectivity index is 2.05. The Morgan fingerprint density at radius 3 is 2.55 bits per heavy atom. The topological polar surface area (TPSA) is 39.4 Å². The van der Waals surface area contributed by atoms with Gasteiger partial charge in [-0.05, 0) is 29.8 Å². The lowest BCUT2D eigenvalue weighted by Crippen LogP contribution is -1.99. The maximum atomic E-state index is 11.5. The molecule has 0 amide bonds. The van der Waals surface area contributed by atoms with Crippen molar-refractivity contribution < 1.29 is 9.15 Å². The third-order valence-corrected chi connectivity index (χ3v) is 3.21. The maximum Gasteiger partial charge on any atom is 0.336 e. The fourth-order valence-electron chi connectivity index (χ4n) is 2.01. The smallest absolute Gasteiger partial charge is 0.336 e. The molecule has 3 rings (SSSR count). The molecule has 0 saturated heterocycles. The minimum Gasteiger partial charge on any atom is -0.457 e. The van der Waals surface area contributed by atoms with Crippen LogP contribution < -0.4 is 10.4 Å². The van der Waals surface area contributed by atoms with Crippen LogP contribution in [0.15, 0.2) is 63.8 Å². The quantitative estimate of drug-likeness (QED) is 0.531. The number of rotatable bonds is 3. The molecular weight excluding hydrogens is 276 g/mol. The van der Waals surface area contributed by atoms with Crippen LogP contribution in [0.2, 0.25) is 0 Å². The highest BCUT2D eigenvalue weighted by atomic mass is 35.5. The van der Waals surface area contributed by atoms with Crippen molar-refractivity contribution in [1.82, 2.24) is 0 Å². The van der Waals surface area contributed by atoms with E-state index >= 15 is 0 Å². The van der Waals surface area contributed by atoms with E-state index in [9.17, 15) is 4.79 Å². The van der Waals surface area contributed by atoms with Crippen LogP contribution in [-0.4, -0.2) is 0 Å². The summed E-state index contributed by atoms with van der Waals surface area (Å²) in [4.78, 5) is 11.5. The van der Waals surface area contributed by atoms with E-state index in [0.29, 0.717) is 11.3 Å². The average Bonchev–Trinajstić information content (AvgIpc) is 2.47. The van der Waals surface area contributed by atoms with Gasteiger partial charge in [0.1, 0.15) is 17.1 Å². The highest BCUT2D eigenvalue weighted by molar-refractivity contribution is 6.17. The summed E-state index contributed by atoms with van der Waals surface area (Å²) in [5.41, 5.74) is 0.816. The number of hydrogen-bond acceptors (Lipinski definition) is 3. The van der Waals surface area contributed by atoms with E-state index in [1.54, 1.807) is 6.07 Å². The standard InChI is InChI=1S/C16H11ClO3/c17-10-11-8-16(18)20-15-9-13(6-7-14(11)15)19-12-4-2-1-3-5-12/h1-9H,10H2. The van der Waals surface area contributed by atoms with E-state index in [2.05, 4.69) is 0 Å². The lowest BCUT2D eigenvalue weighted by Gasteiger charge is -2.07. The zero-order valence-corrected chi connectivity index (χ0v) is 11.3. The van der Waals surface area contributed by atoms with Crippen molar-refractivity contribution in [3.63, 3.8) is 0 Å². The van der Waals surface area contributed by atoms with Gasteiger partial charge in [0.05, 0.1) is 0 Å². The number of alkyl halides is 1. The molecule has 2 aromatic carbocycles. The van der Waals surface area contributed by atoms with Crippen LogP contribution in [0.3, 0.4) is 0 Å². The van der Waals surface area contributed by atoms with E-state index in [4.69, 9.17) is 20.8 Å². The molecule has 0 unspecified atom stereocenters. The lowest BCUT2D eigenvalue weighted by molar-refractivity contribution is 0.480.